The van der Waals surface area contributed by atoms with Crippen LogP contribution in [-0.2, 0) is 23.8 Å². The summed E-state index contributed by atoms with van der Waals surface area (Å²) in [6, 6.07) is 0. The fourth-order valence-corrected chi connectivity index (χ4v) is 3.24. The van der Waals surface area contributed by atoms with Crippen LogP contribution in [0.15, 0.2) is 17.0 Å². The molecule has 24 heavy (non-hydrogen) atoms. The molecule has 130 valence electrons. The third-order valence-corrected chi connectivity index (χ3v) is 4.72. The number of nitrogens with one attached hydrogen (secondary N) is 1. The van der Waals surface area contributed by atoms with Gasteiger partial charge < -0.3 is 14.4 Å². The smallest absolute Gasteiger partial charge is 0.229 e. The van der Waals surface area contributed by atoms with Gasteiger partial charge in [-0.3, -0.25) is 4.79 Å². The highest BCUT2D eigenvalue weighted by molar-refractivity contribution is 5.77. The van der Waals surface area contributed by atoms with Gasteiger partial charge in [0.15, 0.2) is 5.82 Å². The van der Waals surface area contributed by atoms with E-state index in [9.17, 15) is 4.79 Å². The van der Waals surface area contributed by atoms with Crippen molar-refractivity contribution in [1.82, 2.24) is 25.0 Å². The molecule has 1 aliphatic carbocycles. The third kappa shape index (κ3) is 3.34. The zero-order chi connectivity index (χ0) is 17.2. The van der Waals surface area contributed by atoms with E-state index >= 15 is 0 Å². The van der Waals surface area contributed by atoms with Gasteiger partial charge in [-0.1, -0.05) is 31.8 Å². The molecule has 0 aromatic carbocycles. The van der Waals surface area contributed by atoms with Crippen LogP contribution in [0.3, 0.4) is 0 Å². The van der Waals surface area contributed by atoms with Gasteiger partial charge >= 0.3 is 0 Å². The number of aryl methyl sites for hydroxylation is 2. The van der Waals surface area contributed by atoms with Crippen molar-refractivity contribution in [3.05, 3.63) is 29.9 Å². The summed E-state index contributed by atoms with van der Waals surface area (Å²) >= 11 is 0. The number of imidazole rings is 1. The van der Waals surface area contributed by atoms with Crippen LogP contribution in [0, 0.1) is 0 Å². The largest absolute Gasteiger partial charge is 0.343 e. The SMILES string of the molecule is CC(C)c1nc(C2(NC(=O)CCc3cncn3C)CCCC2)no1. The molecular formula is C17H25N5O2. The maximum Gasteiger partial charge on any atom is 0.229 e. The molecule has 1 saturated carbocycles. The number of hydrogen-bond donors (Lipinski definition) is 1. The Morgan fingerprint density at radius 3 is 2.75 bits per heavy atom. The zero-order valence-corrected chi connectivity index (χ0v) is 14.6. The average Bonchev–Trinajstić information content (AvgIpc) is 3.25. The molecule has 0 aliphatic heterocycles. The van der Waals surface area contributed by atoms with Crippen LogP contribution in [0.1, 0.15) is 69.3 Å². The molecule has 1 amide bonds. The van der Waals surface area contributed by atoms with Crippen LogP contribution >= 0.6 is 0 Å². The summed E-state index contributed by atoms with van der Waals surface area (Å²) in [4.78, 5) is 21.1. The molecule has 7 nitrogen and oxygen atoms in total. The molecular weight excluding hydrogens is 306 g/mol. The van der Waals surface area contributed by atoms with Gasteiger partial charge in [0.25, 0.3) is 0 Å². The molecule has 7 heteroatoms. The Morgan fingerprint density at radius 1 is 1.42 bits per heavy atom. The first-order chi connectivity index (χ1) is 11.5. The van der Waals surface area contributed by atoms with E-state index in [-0.39, 0.29) is 11.8 Å². The first-order valence-corrected chi connectivity index (χ1v) is 8.60. The van der Waals surface area contributed by atoms with Crippen LogP contribution in [-0.4, -0.2) is 25.6 Å². The molecule has 0 saturated heterocycles. The summed E-state index contributed by atoms with van der Waals surface area (Å²) < 4.78 is 7.29. The highest BCUT2D eigenvalue weighted by Crippen LogP contribution is 2.37. The molecule has 3 rings (SSSR count). The van der Waals surface area contributed by atoms with Crippen molar-refractivity contribution < 1.29 is 9.32 Å². The van der Waals surface area contributed by atoms with Gasteiger partial charge in [-0.2, -0.15) is 4.98 Å². The number of nitrogens with zero attached hydrogens (tertiary/aromatic N) is 4. The first-order valence-electron chi connectivity index (χ1n) is 8.60. The van der Waals surface area contributed by atoms with Crippen LogP contribution in [0.25, 0.3) is 0 Å². The van der Waals surface area contributed by atoms with Crippen LogP contribution in [0.5, 0.6) is 0 Å². The van der Waals surface area contributed by atoms with Crippen molar-refractivity contribution in [3.8, 4) is 0 Å². The molecule has 1 fully saturated rings. The number of rotatable bonds is 6. The minimum Gasteiger partial charge on any atom is -0.343 e. The molecule has 2 heterocycles. The molecule has 1 aliphatic rings. The predicted octanol–water partition coefficient (Wildman–Crippen LogP) is 2.44. The summed E-state index contributed by atoms with van der Waals surface area (Å²) in [7, 11) is 1.94. The van der Waals surface area contributed by atoms with Crippen molar-refractivity contribution in [1.29, 1.82) is 0 Å². The molecule has 0 bridgehead atoms. The second kappa shape index (κ2) is 6.75. The van der Waals surface area contributed by atoms with E-state index in [0.29, 0.717) is 24.6 Å². The molecule has 2 aromatic heterocycles. The average molecular weight is 331 g/mol. The quantitative estimate of drug-likeness (QED) is 0.878. The summed E-state index contributed by atoms with van der Waals surface area (Å²) in [5, 5.41) is 7.34. The van der Waals surface area contributed by atoms with Crippen molar-refractivity contribution in [3.63, 3.8) is 0 Å². The summed E-state index contributed by atoms with van der Waals surface area (Å²) in [6.45, 7) is 4.04. The summed E-state index contributed by atoms with van der Waals surface area (Å²) in [5.74, 6) is 1.46. The highest BCUT2D eigenvalue weighted by atomic mass is 16.5. The van der Waals surface area contributed by atoms with Crippen molar-refractivity contribution in [2.24, 2.45) is 7.05 Å². The molecule has 0 unspecified atom stereocenters. The number of carbonyl (C=O) groups excluding carboxylic acids is 1. The number of hydrogen-bond acceptors (Lipinski definition) is 5. The zero-order valence-electron chi connectivity index (χ0n) is 14.6. The molecule has 2 aromatic rings. The maximum absolute atomic E-state index is 12.5. The van der Waals surface area contributed by atoms with Crippen molar-refractivity contribution in [2.45, 2.75) is 63.8 Å². The minimum atomic E-state index is -0.472. The Labute approximate surface area is 141 Å². The Morgan fingerprint density at radius 2 is 2.17 bits per heavy atom. The Hall–Kier alpha value is -2.18. The monoisotopic (exact) mass is 331 g/mol. The van der Waals surface area contributed by atoms with Gasteiger partial charge in [-0.15, -0.1) is 0 Å². The summed E-state index contributed by atoms with van der Waals surface area (Å²) in [5.41, 5.74) is 0.576. The van der Waals surface area contributed by atoms with Gasteiger partial charge in [-0.25, -0.2) is 4.98 Å². The predicted molar refractivity (Wildman–Crippen MR) is 88.2 cm³/mol. The second-order valence-electron chi connectivity index (χ2n) is 6.94. The van der Waals surface area contributed by atoms with Gasteiger partial charge in [-0.05, 0) is 19.3 Å². The number of carbonyl (C=O) groups is 1. The molecule has 1 N–H and O–H groups in total. The second-order valence-corrected chi connectivity index (χ2v) is 6.94. The molecule has 0 atom stereocenters. The third-order valence-electron chi connectivity index (χ3n) is 4.72. The van der Waals surface area contributed by atoms with Gasteiger partial charge in [0, 0.05) is 31.3 Å². The van der Waals surface area contributed by atoms with Gasteiger partial charge in [0.05, 0.1) is 6.33 Å². The van der Waals surface area contributed by atoms with Crippen molar-refractivity contribution in [2.75, 3.05) is 0 Å². The van der Waals surface area contributed by atoms with E-state index in [1.165, 1.54) is 0 Å². The molecule has 0 radical (unpaired) electrons. The lowest BCUT2D eigenvalue weighted by atomic mass is 9.96. The van der Waals surface area contributed by atoms with E-state index < -0.39 is 5.54 Å². The topological polar surface area (TPSA) is 85.8 Å². The lowest BCUT2D eigenvalue weighted by Crippen LogP contribution is -2.44. The van der Waals surface area contributed by atoms with Gasteiger partial charge in [0.1, 0.15) is 5.54 Å². The maximum atomic E-state index is 12.5. The lowest BCUT2D eigenvalue weighted by molar-refractivity contribution is -0.123. The van der Waals surface area contributed by atoms with Crippen molar-refractivity contribution >= 4 is 5.91 Å². The normalized spacial score (nSPS) is 16.7. The van der Waals surface area contributed by atoms with Crippen LogP contribution in [0.2, 0.25) is 0 Å². The van der Waals surface area contributed by atoms with E-state index in [1.54, 1.807) is 12.5 Å². The number of amides is 1. The van der Waals surface area contributed by atoms with E-state index in [0.717, 1.165) is 31.4 Å². The van der Waals surface area contributed by atoms with E-state index in [2.05, 4.69) is 20.4 Å². The van der Waals surface area contributed by atoms with E-state index in [4.69, 9.17) is 4.52 Å². The standard InChI is InChI=1S/C17H25N5O2/c1-12(2)15-19-16(21-24-15)17(8-4-5-9-17)20-14(23)7-6-13-10-18-11-22(13)3/h10-12H,4-9H2,1-3H3,(H,20,23). The lowest BCUT2D eigenvalue weighted by Gasteiger charge is -2.26. The first kappa shape index (κ1) is 16.7. The Balaban J connectivity index is 1.68. The Kier molecular flexibility index (Phi) is 4.69. The van der Waals surface area contributed by atoms with E-state index in [1.807, 2.05) is 25.5 Å². The fourth-order valence-electron chi connectivity index (χ4n) is 3.24. The number of aromatic nitrogens is 4. The Bertz CT molecular complexity index is 697. The minimum absolute atomic E-state index is 0.0222. The van der Waals surface area contributed by atoms with Crippen LogP contribution in [0.4, 0.5) is 0 Å². The summed E-state index contributed by atoms with van der Waals surface area (Å²) in [6.07, 6.45) is 8.49. The fraction of sp³-hybridized carbons (Fsp3) is 0.647. The van der Waals surface area contributed by atoms with Crippen LogP contribution < -0.4 is 5.32 Å². The van der Waals surface area contributed by atoms with Gasteiger partial charge in [0.2, 0.25) is 11.8 Å². The highest BCUT2D eigenvalue weighted by Gasteiger charge is 2.41. The molecule has 0 spiro atoms.